The summed E-state index contributed by atoms with van der Waals surface area (Å²) in [7, 11) is 0. The molecule has 32 heavy (non-hydrogen) atoms. The number of aromatic nitrogens is 4. The lowest BCUT2D eigenvalue weighted by Crippen LogP contribution is -2.36. The number of aromatic amines is 1. The van der Waals surface area contributed by atoms with Crippen LogP contribution in [0.25, 0.3) is 11.5 Å². The standard InChI is InChI=1S/C23H28FN5O3/c1-14-11-16(12-15(2)19(14)24)29-20(28-10-8-25-21(28)30)17-13-27(9-6-7-18(17)26-29)22(31)32-23(3,4)5/h8,10-12H,6-7,9,13H2,1-5H3,(H,25,30). The van der Waals surface area contributed by atoms with E-state index >= 15 is 0 Å². The van der Waals surface area contributed by atoms with Gasteiger partial charge in [0, 0.05) is 24.5 Å². The van der Waals surface area contributed by atoms with Crippen molar-refractivity contribution in [3.05, 3.63) is 63.2 Å². The number of carbonyl (C=O) groups excluding carboxylic acids is 1. The van der Waals surface area contributed by atoms with Crippen molar-refractivity contribution in [2.75, 3.05) is 6.54 Å². The van der Waals surface area contributed by atoms with Crippen molar-refractivity contribution in [2.24, 2.45) is 0 Å². The number of rotatable bonds is 2. The van der Waals surface area contributed by atoms with Crippen LogP contribution in [0.3, 0.4) is 0 Å². The predicted molar refractivity (Wildman–Crippen MR) is 118 cm³/mol. The van der Waals surface area contributed by atoms with Gasteiger partial charge in [-0.15, -0.1) is 0 Å². The van der Waals surface area contributed by atoms with Crippen molar-refractivity contribution in [1.82, 2.24) is 24.2 Å². The third-order valence-corrected chi connectivity index (χ3v) is 5.43. The molecule has 0 spiro atoms. The van der Waals surface area contributed by atoms with E-state index in [1.54, 1.807) is 48.0 Å². The molecule has 2 aromatic heterocycles. The molecule has 0 atom stereocenters. The summed E-state index contributed by atoms with van der Waals surface area (Å²) in [5.41, 5.74) is 2.29. The number of carbonyl (C=O) groups is 1. The normalized spacial score (nSPS) is 14.2. The molecule has 8 nitrogen and oxygen atoms in total. The predicted octanol–water partition coefficient (Wildman–Crippen LogP) is 3.79. The number of fused-ring (bicyclic) bond motifs is 1. The lowest BCUT2D eigenvalue weighted by atomic mass is 10.1. The molecule has 3 heterocycles. The third-order valence-electron chi connectivity index (χ3n) is 5.43. The zero-order valence-corrected chi connectivity index (χ0v) is 19.0. The molecule has 0 unspecified atom stereocenters. The zero-order valence-electron chi connectivity index (χ0n) is 19.0. The summed E-state index contributed by atoms with van der Waals surface area (Å²) in [5.74, 6) is 0.269. The Morgan fingerprint density at radius 2 is 1.91 bits per heavy atom. The zero-order chi connectivity index (χ0) is 23.2. The highest BCUT2D eigenvalue weighted by Crippen LogP contribution is 2.29. The molecule has 0 fully saturated rings. The fraction of sp³-hybridized carbons (Fsp3) is 0.435. The SMILES string of the molecule is Cc1cc(-n2nc3c(c2-n2cc[nH]c2=O)CN(C(=O)OC(C)(C)C)CCC3)cc(C)c1F. The van der Waals surface area contributed by atoms with Crippen LogP contribution < -0.4 is 5.69 Å². The van der Waals surface area contributed by atoms with Crippen molar-refractivity contribution in [1.29, 1.82) is 0 Å². The highest BCUT2D eigenvalue weighted by atomic mass is 19.1. The molecule has 1 aliphatic rings. The van der Waals surface area contributed by atoms with Gasteiger partial charge in [0.1, 0.15) is 17.2 Å². The van der Waals surface area contributed by atoms with Crippen molar-refractivity contribution >= 4 is 6.09 Å². The number of hydrogen-bond acceptors (Lipinski definition) is 4. The Balaban J connectivity index is 1.87. The fourth-order valence-corrected chi connectivity index (χ4v) is 4.00. The van der Waals surface area contributed by atoms with Gasteiger partial charge in [-0.25, -0.2) is 18.7 Å². The van der Waals surface area contributed by atoms with Crippen LogP contribution in [0.4, 0.5) is 9.18 Å². The first-order valence-corrected chi connectivity index (χ1v) is 10.7. The first-order chi connectivity index (χ1) is 15.0. The Kier molecular flexibility index (Phi) is 5.44. The van der Waals surface area contributed by atoms with Gasteiger partial charge in [-0.2, -0.15) is 5.10 Å². The van der Waals surface area contributed by atoms with Crippen LogP contribution in [-0.2, 0) is 17.7 Å². The Morgan fingerprint density at radius 3 is 2.50 bits per heavy atom. The molecule has 9 heteroatoms. The molecule has 0 aliphatic carbocycles. The van der Waals surface area contributed by atoms with Gasteiger partial charge in [0.25, 0.3) is 0 Å². The van der Waals surface area contributed by atoms with E-state index in [1.807, 2.05) is 20.8 Å². The number of benzene rings is 1. The molecule has 0 bridgehead atoms. The quantitative estimate of drug-likeness (QED) is 0.656. The number of H-pyrrole nitrogens is 1. The minimum absolute atomic E-state index is 0.260. The van der Waals surface area contributed by atoms with E-state index in [4.69, 9.17) is 9.84 Å². The van der Waals surface area contributed by atoms with Crippen LogP contribution in [0.2, 0.25) is 0 Å². The molecule has 0 radical (unpaired) electrons. The Bertz CT molecular complexity index is 1210. The average Bonchev–Trinajstić information content (AvgIpc) is 3.19. The van der Waals surface area contributed by atoms with Crippen molar-refractivity contribution < 1.29 is 13.9 Å². The highest BCUT2D eigenvalue weighted by molar-refractivity contribution is 5.68. The molecule has 0 saturated heterocycles. The van der Waals surface area contributed by atoms with E-state index in [0.29, 0.717) is 42.0 Å². The summed E-state index contributed by atoms with van der Waals surface area (Å²) in [6, 6.07) is 3.42. The maximum absolute atomic E-state index is 14.3. The summed E-state index contributed by atoms with van der Waals surface area (Å²) in [6.45, 7) is 9.68. The molecule has 4 rings (SSSR count). The first kappa shape index (κ1) is 21.9. The lowest BCUT2D eigenvalue weighted by Gasteiger charge is -2.26. The van der Waals surface area contributed by atoms with Gasteiger partial charge in [0.15, 0.2) is 0 Å². The van der Waals surface area contributed by atoms with Crippen LogP contribution >= 0.6 is 0 Å². The number of imidazole rings is 1. The van der Waals surface area contributed by atoms with Crippen molar-refractivity contribution in [3.8, 4) is 11.5 Å². The molecular weight excluding hydrogens is 413 g/mol. The molecular formula is C23H28FN5O3. The smallest absolute Gasteiger partial charge is 0.410 e. The van der Waals surface area contributed by atoms with Crippen LogP contribution in [-0.4, -0.2) is 42.5 Å². The van der Waals surface area contributed by atoms with Gasteiger partial charge in [-0.3, -0.25) is 4.57 Å². The minimum atomic E-state index is -0.611. The second-order valence-electron chi connectivity index (χ2n) is 9.19. The Hall–Kier alpha value is -3.36. The van der Waals surface area contributed by atoms with Gasteiger partial charge >= 0.3 is 11.8 Å². The summed E-state index contributed by atoms with van der Waals surface area (Å²) < 4.78 is 23.0. The molecule has 3 aromatic rings. The summed E-state index contributed by atoms with van der Waals surface area (Å²) >= 11 is 0. The van der Waals surface area contributed by atoms with Crippen molar-refractivity contribution in [3.63, 3.8) is 0 Å². The van der Waals surface area contributed by atoms with E-state index in [1.165, 1.54) is 4.57 Å². The van der Waals surface area contributed by atoms with E-state index in [2.05, 4.69) is 4.98 Å². The number of nitrogens with zero attached hydrogens (tertiary/aromatic N) is 4. The van der Waals surface area contributed by atoms with E-state index in [-0.39, 0.29) is 18.1 Å². The van der Waals surface area contributed by atoms with Gasteiger partial charge in [-0.1, -0.05) is 0 Å². The number of halogens is 1. The number of ether oxygens (including phenoxy) is 1. The summed E-state index contributed by atoms with van der Waals surface area (Å²) in [6.07, 6.45) is 4.13. The average molecular weight is 442 g/mol. The van der Waals surface area contributed by atoms with Crippen LogP contribution in [0, 0.1) is 19.7 Å². The molecule has 170 valence electrons. The largest absolute Gasteiger partial charge is 0.444 e. The van der Waals surface area contributed by atoms with E-state index < -0.39 is 11.7 Å². The monoisotopic (exact) mass is 441 g/mol. The fourth-order valence-electron chi connectivity index (χ4n) is 4.00. The van der Waals surface area contributed by atoms with Crippen LogP contribution in [0.15, 0.2) is 29.3 Å². The van der Waals surface area contributed by atoms with Crippen molar-refractivity contribution in [2.45, 2.75) is 59.6 Å². The lowest BCUT2D eigenvalue weighted by molar-refractivity contribution is 0.0236. The second kappa shape index (κ2) is 7.96. The topological polar surface area (TPSA) is 85.2 Å². The minimum Gasteiger partial charge on any atom is -0.444 e. The molecule has 0 saturated carbocycles. The maximum Gasteiger partial charge on any atom is 0.410 e. The first-order valence-electron chi connectivity index (χ1n) is 10.7. The second-order valence-corrected chi connectivity index (χ2v) is 9.19. The molecule has 1 amide bonds. The maximum atomic E-state index is 14.3. The Labute approximate surface area is 185 Å². The molecule has 1 aromatic carbocycles. The van der Waals surface area contributed by atoms with Gasteiger partial charge in [0.05, 0.1) is 17.9 Å². The van der Waals surface area contributed by atoms with Crippen LogP contribution in [0.5, 0.6) is 0 Å². The molecule has 1 N–H and O–H groups in total. The molecule has 1 aliphatic heterocycles. The van der Waals surface area contributed by atoms with Crippen LogP contribution in [0.1, 0.15) is 49.6 Å². The number of hydrogen-bond donors (Lipinski definition) is 1. The van der Waals surface area contributed by atoms with Gasteiger partial charge in [0.2, 0.25) is 0 Å². The summed E-state index contributed by atoms with van der Waals surface area (Å²) in [4.78, 5) is 29.7. The Morgan fingerprint density at radius 1 is 1.22 bits per heavy atom. The van der Waals surface area contributed by atoms with Gasteiger partial charge in [-0.05, 0) is 70.7 Å². The summed E-state index contributed by atoms with van der Waals surface area (Å²) in [5, 5.41) is 4.80. The highest BCUT2D eigenvalue weighted by Gasteiger charge is 2.30. The van der Waals surface area contributed by atoms with Gasteiger partial charge < -0.3 is 14.6 Å². The number of aryl methyl sites for hydroxylation is 3. The van der Waals surface area contributed by atoms with E-state index in [0.717, 1.165) is 11.3 Å². The third kappa shape index (κ3) is 4.06. The number of nitrogens with one attached hydrogen (secondary N) is 1. The van der Waals surface area contributed by atoms with E-state index in [9.17, 15) is 14.0 Å². The number of amides is 1.